The maximum absolute atomic E-state index is 13.0. The van der Waals surface area contributed by atoms with Crippen LogP contribution in [0.3, 0.4) is 0 Å². The molecule has 0 aliphatic rings. The van der Waals surface area contributed by atoms with Crippen molar-refractivity contribution < 1.29 is 32.8 Å². The van der Waals surface area contributed by atoms with E-state index in [1.54, 1.807) is 0 Å². The van der Waals surface area contributed by atoms with Gasteiger partial charge in [0, 0.05) is 23.2 Å². The first-order valence-corrected chi connectivity index (χ1v) is 11.2. The Kier molecular flexibility index (Phi) is 7.83. The fraction of sp³-hybridized carbons (Fsp3) is 0.0800. The van der Waals surface area contributed by atoms with E-state index in [4.69, 9.17) is 25.5 Å². The molecule has 0 saturated heterocycles. The van der Waals surface area contributed by atoms with Crippen LogP contribution >= 0.6 is 11.6 Å². The Hall–Kier alpha value is -4.97. The van der Waals surface area contributed by atoms with Gasteiger partial charge in [0.15, 0.2) is 23.9 Å². The van der Waals surface area contributed by atoms with Crippen molar-refractivity contribution in [2.45, 2.75) is 0 Å². The number of amides is 2. The number of ether oxygens (including phenoxy) is 2. The van der Waals surface area contributed by atoms with Gasteiger partial charge >= 0.3 is 5.91 Å². The Morgan fingerprint density at radius 2 is 1.92 bits per heavy atom. The number of non-ortho nitro benzene ring substituents is 1. The first-order chi connectivity index (χ1) is 18.2. The molecule has 0 aliphatic heterocycles. The Labute approximate surface area is 218 Å². The number of rotatable bonds is 9. The number of hydrogen-bond donors (Lipinski definition) is 2. The van der Waals surface area contributed by atoms with Gasteiger partial charge in [-0.25, -0.2) is 9.82 Å². The first kappa shape index (κ1) is 26.1. The van der Waals surface area contributed by atoms with Crippen LogP contribution in [0.2, 0.25) is 5.02 Å². The summed E-state index contributed by atoms with van der Waals surface area (Å²) in [6, 6.07) is 13.6. The van der Waals surface area contributed by atoms with Crippen LogP contribution in [0.15, 0.2) is 70.2 Å². The second-order valence-corrected chi connectivity index (χ2v) is 8.07. The number of carbonyl (C=O) groups is 2. The number of nitro groups is 1. The van der Waals surface area contributed by atoms with Crippen molar-refractivity contribution in [3.05, 3.63) is 92.9 Å². The lowest BCUT2D eigenvalue weighted by Gasteiger charge is -2.13. The monoisotopic (exact) mass is 540 g/mol. The van der Waals surface area contributed by atoms with E-state index in [0.717, 1.165) is 0 Å². The maximum Gasteiger partial charge on any atom is 0.307 e. The van der Waals surface area contributed by atoms with Gasteiger partial charge in [-0.2, -0.15) is 5.10 Å². The quantitative estimate of drug-likeness (QED) is 0.174. The van der Waals surface area contributed by atoms with E-state index in [-0.39, 0.29) is 28.0 Å². The average molecular weight is 541 g/mol. The highest BCUT2D eigenvalue weighted by atomic mass is 35.5. The largest absolute Gasteiger partial charge is 0.493 e. The standard InChI is InChI=1S/C25H18ClFN4O7/c1-36-21-9-14(8-19(26)24(21)37-13-23(32)29-17-4-2-16(27)3-5-17)12-28-30-25(33)22-11-15-10-18(31(34)35)6-7-20(15)38-22/h2-12H,13H2,1H3,(H,29,32)(H,30,33)/b28-12+. The fourth-order valence-corrected chi connectivity index (χ4v) is 3.57. The van der Waals surface area contributed by atoms with Crippen molar-refractivity contribution in [1.82, 2.24) is 5.43 Å². The number of benzene rings is 3. The van der Waals surface area contributed by atoms with Crippen molar-refractivity contribution in [3.8, 4) is 11.5 Å². The molecule has 1 aromatic heterocycles. The molecule has 0 radical (unpaired) electrons. The van der Waals surface area contributed by atoms with Crippen LogP contribution in [0.5, 0.6) is 11.5 Å². The predicted molar refractivity (Wildman–Crippen MR) is 136 cm³/mol. The second-order valence-electron chi connectivity index (χ2n) is 7.67. The van der Waals surface area contributed by atoms with Crippen LogP contribution in [0, 0.1) is 15.9 Å². The summed E-state index contributed by atoms with van der Waals surface area (Å²) in [5.74, 6) is -1.37. The molecule has 0 fully saturated rings. The Morgan fingerprint density at radius 1 is 1.16 bits per heavy atom. The van der Waals surface area contributed by atoms with E-state index in [9.17, 15) is 24.1 Å². The molecule has 4 aromatic rings. The number of hydrazone groups is 1. The normalized spacial score (nSPS) is 10.9. The summed E-state index contributed by atoms with van der Waals surface area (Å²) in [5.41, 5.74) is 3.31. The lowest BCUT2D eigenvalue weighted by molar-refractivity contribution is -0.384. The van der Waals surface area contributed by atoms with Crippen molar-refractivity contribution in [1.29, 1.82) is 0 Å². The van der Waals surface area contributed by atoms with Gasteiger partial charge in [0.05, 0.1) is 23.3 Å². The molecule has 4 rings (SSSR count). The fourth-order valence-electron chi connectivity index (χ4n) is 3.30. The van der Waals surface area contributed by atoms with Gasteiger partial charge in [-0.15, -0.1) is 0 Å². The number of hydrogen-bond acceptors (Lipinski definition) is 8. The molecular formula is C25H18ClFN4O7. The molecule has 194 valence electrons. The van der Waals surface area contributed by atoms with Crippen molar-refractivity contribution >= 4 is 52.0 Å². The highest BCUT2D eigenvalue weighted by Crippen LogP contribution is 2.36. The number of nitro benzene ring substituents is 1. The van der Waals surface area contributed by atoms with Crippen molar-refractivity contribution in [3.63, 3.8) is 0 Å². The van der Waals surface area contributed by atoms with Crippen LogP contribution in [-0.4, -0.2) is 36.7 Å². The van der Waals surface area contributed by atoms with Crippen LogP contribution in [0.25, 0.3) is 11.0 Å². The minimum atomic E-state index is -0.676. The zero-order valence-electron chi connectivity index (χ0n) is 19.6. The summed E-state index contributed by atoms with van der Waals surface area (Å²) < 4.78 is 29.2. The molecule has 0 bridgehead atoms. The third kappa shape index (κ3) is 6.23. The van der Waals surface area contributed by atoms with Gasteiger partial charge in [-0.1, -0.05) is 11.6 Å². The SMILES string of the molecule is COc1cc(/C=N/NC(=O)c2cc3cc([N+](=O)[O-])ccc3o2)cc(Cl)c1OCC(=O)Nc1ccc(F)cc1. The Morgan fingerprint density at radius 3 is 2.63 bits per heavy atom. The van der Waals surface area contributed by atoms with Gasteiger partial charge in [-0.3, -0.25) is 19.7 Å². The van der Waals surface area contributed by atoms with E-state index >= 15 is 0 Å². The van der Waals surface area contributed by atoms with E-state index in [1.807, 2.05) is 0 Å². The van der Waals surface area contributed by atoms with E-state index in [0.29, 0.717) is 22.2 Å². The second kappa shape index (κ2) is 11.4. The number of nitrogens with one attached hydrogen (secondary N) is 2. The van der Waals surface area contributed by atoms with Gasteiger partial charge < -0.3 is 19.2 Å². The summed E-state index contributed by atoms with van der Waals surface area (Å²) in [6.07, 6.45) is 1.30. The molecule has 0 spiro atoms. The van der Waals surface area contributed by atoms with Crippen LogP contribution in [-0.2, 0) is 4.79 Å². The number of furan rings is 1. The van der Waals surface area contributed by atoms with E-state index in [1.165, 1.54) is 74.0 Å². The van der Waals surface area contributed by atoms with E-state index in [2.05, 4.69) is 15.8 Å². The van der Waals surface area contributed by atoms with Gasteiger partial charge in [0.1, 0.15) is 11.4 Å². The van der Waals surface area contributed by atoms with Gasteiger partial charge in [-0.05, 0) is 54.1 Å². The number of methoxy groups -OCH3 is 1. The Bertz CT molecular complexity index is 1550. The third-order valence-electron chi connectivity index (χ3n) is 5.04. The lowest BCUT2D eigenvalue weighted by Crippen LogP contribution is -2.20. The molecule has 0 atom stereocenters. The lowest BCUT2D eigenvalue weighted by atomic mass is 10.2. The predicted octanol–water partition coefficient (Wildman–Crippen LogP) is 4.92. The zero-order chi connectivity index (χ0) is 27.2. The maximum atomic E-state index is 13.0. The minimum Gasteiger partial charge on any atom is -0.493 e. The number of carbonyl (C=O) groups excluding carboxylic acids is 2. The first-order valence-electron chi connectivity index (χ1n) is 10.8. The highest BCUT2D eigenvalue weighted by Gasteiger charge is 2.16. The molecule has 2 amide bonds. The molecular weight excluding hydrogens is 523 g/mol. The molecule has 13 heteroatoms. The summed E-state index contributed by atoms with van der Waals surface area (Å²) in [7, 11) is 1.38. The number of anilines is 1. The van der Waals surface area contributed by atoms with Gasteiger partial charge in [0.2, 0.25) is 0 Å². The number of nitrogens with zero attached hydrogens (tertiary/aromatic N) is 2. The summed E-state index contributed by atoms with van der Waals surface area (Å²) in [6.45, 7) is -0.391. The van der Waals surface area contributed by atoms with Crippen molar-refractivity contribution in [2.24, 2.45) is 5.10 Å². The molecule has 38 heavy (non-hydrogen) atoms. The molecule has 0 aliphatic carbocycles. The molecule has 2 N–H and O–H groups in total. The summed E-state index contributed by atoms with van der Waals surface area (Å²) in [5, 5.41) is 17.9. The molecule has 0 saturated carbocycles. The van der Waals surface area contributed by atoms with E-state index < -0.39 is 29.2 Å². The summed E-state index contributed by atoms with van der Waals surface area (Å²) >= 11 is 6.30. The van der Waals surface area contributed by atoms with Crippen LogP contribution in [0.4, 0.5) is 15.8 Å². The third-order valence-corrected chi connectivity index (χ3v) is 5.32. The number of halogens is 2. The smallest absolute Gasteiger partial charge is 0.307 e. The molecule has 0 unspecified atom stereocenters. The Balaban J connectivity index is 1.39. The van der Waals surface area contributed by atoms with Crippen LogP contribution < -0.4 is 20.2 Å². The topological polar surface area (TPSA) is 145 Å². The average Bonchev–Trinajstić information content (AvgIpc) is 3.33. The molecule has 1 heterocycles. The van der Waals surface area contributed by atoms with Crippen LogP contribution in [0.1, 0.15) is 16.1 Å². The minimum absolute atomic E-state index is 0.0871. The molecule has 3 aromatic carbocycles. The number of fused-ring (bicyclic) bond motifs is 1. The van der Waals surface area contributed by atoms with Crippen molar-refractivity contribution in [2.75, 3.05) is 19.0 Å². The molecule has 11 nitrogen and oxygen atoms in total. The summed E-state index contributed by atoms with van der Waals surface area (Å²) in [4.78, 5) is 34.9. The highest BCUT2D eigenvalue weighted by molar-refractivity contribution is 6.32. The zero-order valence-corrected chi connectivity index (χ0v) is 20.3. The van der Waals surface area contributed by atoms with Gasteiger partial charge in [0.25, 0.3) is 11.6 Å².